The van der Waals surface area contributed by atoms with Crippen LogP contribution >= 0.6 is 0 Å². The van der Waals surface area contributed by atoms with Crippen molar-refractivity contribution < 1.29 is 31.1 Å². The summed E-state index contributed by atoms with van der Waals surface area (Å²) in [4.78, 5) is 12.0. The Bertz CT molecular complexity index is 881. The fourth-order valence-corrected chi connectivity index (χ4v) is 2.61. The predicted octanol–water partition coefficient (Wildman–Crippen LogP) is 2.89. The van der Waals surface area contributed by atoms with Crippen LogP contribution in [0.4, 0.5) is 18.9 Å². The topological polar surface area (TPSA) is 84.5 Å². The van der Waals surface area contributed by atoms with E-state index in [4.69, 9.17) is 0 Å². The molecule has 0 aliphatic carbocycles. The van der Waals surface area contributed by atoms with Gasteiger partial charge in [-0.25, -0.2) is 8.42 Å². The van der Waals surface area contributed by atoms with Gasteiger partial charge in [0.25, 0.3) is 5.91 Å². The van der Waals surface area contributed by atoms with Gasteiger partial charge in [-0.05, 0) is 42.0 Å². The van der Waals surface area contributed by atoms with E-state index in [1.807, 2.05) is 0 Å². The van der Waals surface area contributed by atoms with Gasteiger partial charge >= 0.3 is 6.36 Å². The summed E-state index contributed by atoms with van der Waals surface area (Å²) >= 11 is 0. The first kappa shape index (κ1) is 19.6. The van der Waals surface area contributed by atoms with Gasteiger partial charge in [-0.1, -0.05) is 12.1 Å². The molecule has 0 bridgehead atoms. The largest absolute Gasteiger partial charge is 0.573 e. The first-order valence-electron chi connectivity index (χ1n) is 7.22. The van der Waals surface area contributed by atoms with Gasteiger partial charge in [0, 0.05) is 17.8 Å². The molecule has 0 saturated carbocycles. The van der Waals surface area contributed by atoms with Crippen molar-refractivity contribution in [2.24, 2.45) is 0 Å². The number of alkyl halides is 3. The average Bonchev–Trinajstić information content (AvgIpc) is 2.50. The van der Waals surface area contributed by atoms with Crippen LogP contribution in [-0.4, -0.2) is 26.9 Å². The third-order valence-corrected chi connectivity index (χ3v) is 3.64. The van der Waals surface area contributed by atoms with Gasteiger partial charge in [0.15, 0.2) is 0 Å². The molecule has 2 aromatic rings. The molecule has 0 radical (unpaired) electrons. The smallest absolute Gasteiger partial charge is 0.406 e. The molecule has 2 N–H and O–H groups in total. The Morgan fingerprint density at radius 2 is 1.77 bits per heavy atom. The van der Waals surface area contributed by atoms with Crippen LogP contribution in [0.3, 0.4) is 0 Å². The summed E-state index contributed by atoms with van der Waals surface area (Å²) < 4.78 is 64.8. The van der Waals surface area contributed by atoms with Gasteiger partial charge in [-0.3, -0.25) is 9.52 Å². The zero-order chi connectivity index (χ0) is 19.4. The van der Waals surface area contributed by atoms with Crippen molar-refractivity contribution in [1.82, 2.24) is 5.32 Å². The summed E-state index contributed by atoms with van der Waals surface area (Å²) in [7, 11) is -3.41. The second-order valence-corrected chi connectivity index (χ2v) is 7.08. The fraction of sp³-hybridized carbons (Fsp3) is 0.188. The second-order valence-electron chi connectivity index (χ2n) is 5.33. The lowest BCUT2D eigenvalue weighted by Crippen LogP contribution is -2.23. The molecule has 1 amide bonds. The molecule has 0 unspecified atom stereocenters. The van der Waals surface area contributed by atoms with Gasteiger partial charge < -0.3 is 10.1 Å². The van der Waals surface area contributed by atoms with Crippen LogP contribution in [0.2, 0.25) is 0 Å². The van der Waals surface area contributed by atoms with E-state index in [1.165, 1.54) is 12.1 Å². The Morgan fingerprint density at radius 1 is 1.12 bits per heavy atom. The number of hydrogen-bond donors (Lipinski definition) is 2. The summed E-state index contributed by atoms with van der Waals surface area (Å²) in [5.41, 5.74) is 1.15. The third kappa shape index (κ3) is 6.63. The molecule has 26 heavy (non-hydrogen) atoms. The highest BCUT2D eigenvalue weighted by atomic mass is 32.2. The molecule has 0 saturated heterocycles. The van der Waals surface area contributed by atoms with E-state index in [2.05, 4.69) is 14.8 Å². The number of hydrogen-bond acceptors (Lipinski definition) is 4. The van der Waals surface area contributed by atoms with Crippen molar-refractivity contribution in [2.75, 3.05) is 11.0 Å². The van der Waals surface area contributed by atoms with Crippen molar-refractivity contribution >= 4 is 21.6 Å². The molecule has 0 atom stereocenters. The van der Waals surface area contributed by atoms with Gasteiger partial charge in [-0.15, -0.1) is 13.2 Å². The number of carbonyl (C=O) groups excluding carboxylic acids is 1. The lowest BCUT2D eigenvalue weighted by atomic mass is 10.1. The minimum absolute atomic E-state index is 0.110. The Labute approximate surface area is 148 Å². The number of anilines is 1. The number of sulfonamides is 1. The first-order valence-corrected chi connectivity index (χ1v) is 9.12. The van der Waals surface area contributed by atoms with E-state index in [0.717, 1.165) is 18.4 Å². The quantitative estimate of drug-likeness (QED) is 0.797. The zero-order valence-electron chi connectivity index (χ0n) is 13.5. The maximum absolute atomic E-state index is 12.1. The second kappa shape index (κ2) is 7.65. The molecule has 0 heterocycles. The lowest BCUT2D eigenvalue weighted by molar-refractivity contribution is -0.274. The monoisotopic (exact) mass is 388 g/mol. The Hall–Kier alpha value is -2.75. The standard InChI is InChI=1S/C16H15F3N2O4S/c1-26(23,24)21-13-4-2-3-11(9-13)10-20-15(22)12-5-7-14(8-6-12)25-16(17,18)19/h2-9,21H,10H2,1H3,(H,20,22). The molecule has 6 nitrogen and oxygen atoms in total. The average molecular weight is 388 g/mol. The van der Waals surface area contributed by atoms with Gasteiger partial charge in [-0.2, -0.15) is 0 Å². The zero-order valence-corrected chi connectivity index (χ0v) is 14.3. The van der Waals surface area contributed by atoms with Gasteiger partial charge in [0.2, 0.25) is 10.0 Å². The molecule has 0 spiro atoms. The van der Waals surface area contributed by atoms with Crippen LogP contribution < -0.4 is 14.8 Å². The van der Waals surface area contributed by atoms with E-state index in [0.29, 0.717) is 11.3 Å². The SMILES string of the molecule is CS(=O)(=O)Nc1cccc(CNC(=O)c2ccc(OC(F)(F)F)cc2)c1. The number of carbonyl (C=O) groups is 1. The lowest BCUT2D eigenvalue weighted by Gasteiger charge is -2.10. The predicted molar refractivity (Wildman–Crippen MR) is 89.2 cm³/mol. The molecular formula is C16H15F3N2O4S. The number of halogens is 3. The highest BCUT2D eigenvalue weighted by Gasteiger charge is 2.31. The molecule has 140 valence electrons. The molecule has 0 aliphatic heterocycles. The van der Waals surface area contributed by atoms with Gasteiger partial charge in [0.05, 0.1) is 6.26 Å². The summed E-state index contributed by atoms with van der Waals surface area (Å²) in [5.74, 6) is -0.918. The first-order chi connectivity index (χ1) is 12.0. The number of nitrogens with one attached hydrogen (secondary N) is 2. The van der Waals surface area contributed by atoms with Crippen LogP contribution in [0.25, 0.3) is 0 Å². The number of rotatable bonds is 6. The van der Waals surface area contributed by atoms with E-state index < -0.39 is 28.0 Å². The summed E-state index contributed by atoms with van der Waals surface area (Å²) in [6.07, 6.45) is -3.78. The Balaban J connectivity index is 1.97. The van der Waals surface area contributed by atoms with Crippen molar-refractivity contribution in [3.8, 4) is 5.75 Å². The van der Waals surface area contributed by atoms with Crippen molar-refractivity contribution in [1.29, 1.82) is 0 Å². The summed E-state index contributed by atoms with van der Waals surface area (Å²) in [5, 5.41) is 2.59. The summed E-state index contributed by atoms with van der Waals surface area (Å²) in [6.45, 7) is 0.110. The number of amides is 1. The normalized spacial score (nSPS) is 11.7. The van der Waals surface area contributed by atoms with Crippen LogP contribution in [0.1, 0.15) is 15.9 Å². The van der Waals surface area contributed by atoms with Crippen LogP contribution in [0.5, 0.6) is 5.75 Å². The molecule has 0 aliphatic rings. The maximum atomic E-state index is 12.1. The van der Waals surface area contributed by atoms with Crippen molar-refractivity contribution in [3.05, 3.63) is 59.7 Å². The van der Waals surface area contributed by atoms with Crippen molar-refractivity contribution in [3.63, 3.8) is 0 Å². The highest BCUT2D eigenvalue weighted by molar-refractivity contribution is 7.92. The molecule has 0 aromatic heterocycles. The molecule has 2 aromatic carbocycles. The van der Waals surface area contributed by atoms with Crippen LogP contribution in [0.15, 0.2) is 48.5 Å². The van der Waals surface area contributed by atoms with Crippen LogP contribution in [-0.2, 0) is 16.6 Å². The van der Waals surface area contributed by atoms with Gasteiger partial charge in [0.1, 0.15) is 5.75 Å². The third-order valence-electron chi connectivity index (χ3n) is 3.03. The molecule has 2 rings (SSSR count). The van der Waals surface area contributed by atoms with Crippen LogP contribution in [0, 0.1) is 0 Å². The fourth-order valence-electron chi connectivity index (χ4n) is 2.05. The van der Waals surface area contributed by atoms with E-state index >= 15 is 0 Å². The Kier molecular flexibility index (Phi) is 5.76. The summed E-state index contributed by atoms with van der Waals surface area (Å²) in [6, 6.07) is 10.9. The molecule has 10 heteroatoms. The van der Waals surface area contributed by atoms with E-state index in [9.17, 15) is 26.4 Å². The Morgan fingerprint density at radius 3 is 2.35 bits per heavy atom. The molecular weight excluding hydrogens is 373 g/mol. The highest BCUT2D eigenvalue weighted by Crippen LogP contribution is 2.22. The molecule has 0 fully saturated rings. The minimum atomic E-state index is -4.80. The van der Waals surface area contributed by atoms with Crippen molar-refractivity contribution in [2.45, 2.75) is 12.9 Å². The number of benzene rings is 2. The minimum Gasteiger partial charge on any atom is -0.406 e. The van der Waals surface area contributed by atoms with E-state index in [-0.39, 0.29) is 12.1 Å². The van der Waals surface area contributed by atoms with E-state index in [1.54, 1.807) is 24.3 Å². The number of ether oxygens (including phenoxy) is 1. The maximum Gasteiger partial charge on any atom is 0.573 e.